The number of anilines is 1. The van der Waals surface area contributed by atoms with Crippen LogP contribution >= 0.6 is 0 Å². The molecule has 3 rings (SSSR count). The van der Waals surface area contributed by atoms with Gasteiger partial charge < -0.3 is 10.4 Å². The first kappa shape index (κ1) is 14.7. The van der Waals surface area contributed by atoms with Gasteiger partial charge in [-0.1, -0.05) is 12.8 Å². The molecular weight excluding hydrogens is 264 g/mol. The molecule has 1 aliphatic carbocycles. The molecule has 2 aliphatic rings. The molecule has 5 heteroatoms. The van der Waals surface area contributed by atoms with E-state index in [4.69, 9.17) is 0 Å². The number of nitrogens with one attached hydrogen (secondary N) is 1. The summed E-state index contributed by atoms with van der Waals surface area (Å²) in [4.78, 5) is 11.4. The molecule has 1 aromatic rings. The zero-order valence-corrected chi connectivity index (χ0v) is 12.8. The van der Waals surface area contributed by atoms with Gasteiger partial charge in [-0.05, 0) is 38.8 Å². The summed E-state index contributed by atoms with van der Waals surface area (Å²) in [6.45, 7) is 2.13. The van der Waals surface area contributed by atoms with E-state index in [1.54, 1.807) is 6.20 Å². The van der Waals surface area contributed by atoms with Gasteiger partial charge in [-0.25, -0.2) is 4.98 Å². The summed E-state index contributed by atoms with van der Waals surface area (Å²) in [6, 6.07) is 0.384. The second-order valence-electron chi connectivity index (χ2n) is 6.31. The van der Waals surface area contributed by atoms with Crippen molar-refractivity contribution in [3.63, 3.8) is 0 Å². The lowest BCUT2D eigenvalue weighted by atomic mass is 9.87. The zero-order chi connectivity index (χ0) is 14.7. The quantitative estimate of drug-likeness (QED) is 0.891. The Morgan fingerprint density at radius 1 is 1.14 bits per heavy atom. The highest BCUT2D eigenvalue weighted by Crippen LogP contribution is 2.31. The van der Waals surface area contributed by atoms with Gasteiger partial charge in [0, 0.05) is 25.2 Å². The van der Waals surface area contributed by atoms with E-state index in [1.807, 2.05) is 13.2 Å². The molecule has 1 saturated heterocycles. The maximum atomic E-state index is 10.2. The maximum absolute atomic E-state index is 10.2. The summed E-state index contributed by atoms with van der Waals surface area (Å²) < 4.78 is 0. The Labute approximate surface area is 126 Å². The first-order valence-electron chi connectivity index (χ1n) is 8.19. The first-order chi connectivity index (χ1) is 10.3. The van der Waals surface area contributed by atoms with Gasteiger partial charge >= 0.3 is 0 Å². The van der Waals surface area contributed by atoms with Crippen LogP contribution in [-0.4, -0.2) is 52.3 Å². The predicted molar refractivity (Wildman–Crippen MR) is 83.4 cm³/mol. The molecule has 0 radical (unpaired) electrons. The molecule has 2 fully saturated rings. The van der Waals surface area contributed by atoms with E-state index >= 15 is 0 Å². The molecule has 2 heterocycles. The van der Waals surface area contributed by atoms with Crippen LogP contribution in [0.1, 0.15) is 50.1 Å². The van der Waals surface area contributed by atoms with Crippen LogP contribution in [0.15, 0.2) is 12.4 Å². The number of hydrogen-bond donors (Lipinski definition) is 2. The normalized spacial score (nSPS) is 28.5. The van der Waals surface area contributed by atoms with Crippen LogP contribution in [0.3, 0.4) is 0 Å². The first-order valence-corrected chi connectivity index (χ1v) is 8.19. The van der Waals surface area contributed by atoms with E-state index in [0.717, 1.165) is 50.3 Å². The Morgan fingerprint density at radius 3 is 2.62 bits per heavy atom. The van der Waals surface area contributed by atoms with Crippen molar-refractivity contribution >= 4 is 5.82 Å². The minimum absolute atomic E-state index is 0.122. The van der Waals surface area contributed by atoms with Crippen LogP contribution in [0, 0.1) is 0 Å². The molecule has 5 nitrogen and oxygen atoms in total. The Morgan fingerprint density at radius 2 is 1.90 bits per heavy atom. The van der Waals surface area contributed by atoms with Gasteiger partial charge in [0.15, 0.2) is 0 Å². The van der Waals surface area contributed by atoms with E-state index in [9.17, 15) is 5.11 Å². The van der Waals surface area contributed by atoms with Gasteiger partial charge in [0.2, 0.25) is 0 Å². The van der Waals surface area contributed by atoms with Crippen LogP contribution in [0.25, 0.3) is 0 Å². The summed E-state index contributed by atoms with van der Waals surface area (Å²) in [6.07, 6.45) is 10.3. The molecule has 21 heavy (non-hydrogen) atoms. The van der Waals surface area contributed by atoms with Crippen molar-refractivity contribution in [3.05, 3.63) is 18.1 Å². The molecule has 0 bridgehead atoms. The van der Waals surface area contributed by atoms with Gasteiger partial charge in [0.05, 0.1) is 18.0 Å². The fourth-order valence-corrected chi connectivity index (χ4v) is 3.74. The van der Waals surface area contributed by atoms with Crippen molar-refractivity contribution in [2.24, 2.45) is 0 Å². The van der Waals surface area contributed by atoms with Crippen LogP contribution in [-0.2, 0) is 0 Å². The molecule has 0 unspecified atom stereocenters. The zero-order valence-electron chi connectivity index (χ0n) is 12.8. The van der Waals surface area contributed by atoms with Crippen LogP contribution in [0.5, 0.6) is 0 Å². The Bertz CT molecular complexity index is 459. The number of likely N-dealkylation sites (tertiary alicyclic amines) is 1. The third-order valence-corrected chi connectivity index (χ3v) is 5.02. The van der Waals surface area contributed by atoms with Crippen molar-refractivity contribution in [3.8, 4) is 0 Å². The molecule has 1 aromatic heterocycles. The molecule has 0 amide bonds. The highest BCUT2D eigenvalue weighted by molar-refractivity contribution is 5.31. The van der Waals surface area contributed by atoms with Gasteiger partial charge in [-0.15, -0.1) is 0 Å². The molecule has 0 spiro atoms. The third-order valence-electron chi connectivity index (χ3n) is 5.02. The molecule has 1 saturated carbocycles. The molecule has 0 aromatic carbocycles. The second-order valence-corrected chi connectivity index (χ2v) is 6.31. The lowest BCUT2D eigenvalue weighted by molar-refractivity contribution is 0.00852. The van der Waals surface area contributed by atoms with Crippen molar-refractivity contribution in [1.82, 2.24) is 14.9 Å². The Hall–Kier alpha value is -1.20. The predicted octanol–water partition coefficient (Wildman–Crippen LogP) is 2.00. The number of aliphatic hydroxyl groups excluding tert-OH is 1. The standard InChI is InChI=1S/C16H26N4O/c1-17-16-11-18-10-13(19-16)12-6-8-20(9-7-12)14-4-2-3-5-15(14)21/h10-12,14-15,21H,2-9H2,1H3,(H,17,19)/t14-,15-/m0/s1. The highest BCUT2D eigenvalue weighted by atomic mass is 16.3. The van der Waals surface area contributed by atoms with E-state index in [2.05, 4.69) is 20.2 Å². The largest absolute Gasteiger partial charge is 0.391 e. The number of aromatic nitrogens is 2. The van der Waals surface area contributed by atoms with Crippen molar-refractivity contribution in [1.29, 1.82) is 0 Å². The average Bonchev–Trinajstić information content (AvgIpc) is 2.56. The highest BCUT2D eigenvalue weighted by Gasteiger charge is 2.32. The summed E-state index contributed by atoms with van der Waals surface area (Å²) in [7, 11) is 1.88. The Kier molecular flexibility index (Phi) is 4.70. The van der Waals surface area contributed by atoms with Crippen molar-refractivity contribution in [2.45, 2.75) is 56.6 Å². The van der Waals surface area contributed by atoms with Crippen molar-refractivity contribution in [2.75, 3.05) is 25.5 Å². The van der Waals surface area contributed by atoms with E-state index in [-0.39, 0.29) is 6.10 Å². The molecule has 2 atom stereocenters. The second kappa shape index (κ2) is 6.71. The van der Waals surface area contributed by atoms with Crippen LogP contribution in [0.4, 0.5) is 5.82 Å². The fourth-order valence-electron chi connectivity index (χ4n) is 3.74. The average molecular weight is 290 g/mol. The van der Waals surface area contributed by atoms with Gasteiger partial charge in [0.25, 0.3) is 0 Å². The Balaban J connectivity index is 1.59. The maximum Gasteiger partial charge on any atom is 0.144 e. The molecule has 116 valence electrons. The van der Waals surface area contributed by atoms with Crippen molar-refractivity contribution < 1.29 is 5.11 Å². The summed E-state index contributed by atoms with van der Waals surface area (Å²) >= 11 is 0. The van der Waals surface area contributed by atoms with Gasteiger partial charge in [-0.3, -0.25) is 9.88 Å². The minimum atomic E-state index is -0.122. The number of rotatable bonds is 3. The number of hydrogen-bond acceptors (Lipinski definition) is 5. The molecule has 1 aliphatic heterocycles. The molecular formula is C16H26N4O. The van der Waals surface area contributed by atoms with Gasteiger partial charge in [-0.2, -0.15) is 0 Å². The summed E-state index contributed by atoms with van der Waals surface area (Å²) in [5.41, 5.74) is 1.10. The van der Waals surface area contributed by atoms with E-state index < -0.39 is 0 Å². The summed E-state index contributed by atoms with van der Waals surface area (Å²) in [5.74, 6) is 1.35. The minimum Gasteiger partial charge on any atom is -0.391 e. The lowest BCUT2D eigenvalue weighted by Crippen LogP contribution is -2.48. The van der Waals surface area contributed by atoms with Gasteiger partial charge in [0.1, 0.15) is 5.82 Å². The smallest absolute Gasteiger partial charge is 0.144 e. The lowest BCUT2D eigenvalue weighted by Gasteiger charge is -2.41. The van der Waals surface area contributed by atoms with E-state index in [1.165, 1.54) is 12.8 Å². The number of aliphatic hydroxyl groups is 1. The monoisotopic (exact) mass is 290 g/mol. The SMILES string of the molecule is CNc1cncc(C2CCN([C@H]3CCCC[C@@H]3O)CC2)n1. The topological polar surface area (TPSA) is 61.3 Å². The number of piperidine rings is 1. The van der Waals surface area contributed by atoms with E-state index in [0.29, 0.717) is 12.0 Å². The molecule has 2 N–H and O–H groups in total. The third kappa shape index (κ3) is 3.35. The van der Waals surface area contributed by atoms with Crippen LogP contribution in [0.2, 0.25) is 0 Å². The fraction of sp³-hybridized carbons (Fsp3) is 0.750. The summed E-state index contributed by atoms with van der Waals surface area (Å²) in [5, 5.41) is 13.3. The van der Waals surface area contributed by atoms with Crippen LogP contribution < -0.4 is 5.32 Å². The number of nitrogens with zero attached hydrogens (tertiary/aromatic N) is 3.